The van der Waals surface area contributed by atoms with Crippen LogP contribution in [0, 0.1) is 11.3 Å². The molecule has 6 rings (SSSR count). The maximum Gasteiger partial charge on any atom is 0.351 e. The minimum Gasteiger partial charge on any atom is -0.493 e. The molecule has 1 amide bonds. The van der Waals surface area contributed by atoms with Crippen molar-refractivity contribution in [3.63, 3.8) is 0 Å². The van der Waals surface area contributed by atoms with Gasteiger partial charge in [0.1, 0.15) is 29.8 Å². The van der Waals surface area contributed by atoms with Gasteiger partial charge >= 0.3 is 13.6 Å². The van der Waals surface area contributed by atoms with Crippen LogP contribution >= 0.6 is 7.87 Å². The Labute approximate surface area is 376 Å². The Morgan fingerprint density at radius 2 is 1.53 bits per heavy atom. The number of hydrogen-bond donors (Lipinski definition) is 2. The van der Waals surface area contributed by atoms with Gasteiger partial charge in [0, 0.05) is 36.0 Å². The average Bonchev–Trinajstić information content (AvgIpc) is 3.63. The van der Waals surface area contributed by atoms with Gasteiger partial charge in [-0.15, -0.1) is 4.67 Å². The quantitative estimate of drug-likeness (QED) is 0.0535. The summed E-state index contributed by atoms with van der Waals surface area (Å²) in [5.41, 5.74) is 0.535. The molecular weight excluding hydrogens is 834 g/mol. The second kappa shape index (κ2) is 21.9. The predicted octanol–water partition coefficient (Wildman–Crippen LogP) is 8.39. The first-order valence-electron chi connectivity index (χ1n) is 21.6. The van der Waals surface area contributed by atoms with E-state index >= 15 is 0 Å². The molecule has 4 aromatic carbocycles. The number of ether oxygens (including phenoxy) is 5. The highest BCUT2D eigenvalue weighted by Crippen LogP contribution is 2.64. The lowest BCUT2D eigenvalue weighted by atomic mass is 9.79. The minimum absolute atomic E-state index is 0.0270. The van der Waals surface area contributed by atoms with Crippen LogP contribution in [0.1, 0.15) is 80.7 Å². The van der Waals surface area contributed by atoms with Crippen molar-refractivity contribution in [2.45, 2.75) is 89.7 Å². The van der Waals surface area contributed by atoms with Crippen molar-refractivity contribution < 1.29 is 37.9 Å². The molecular formula is C49H59N5O9P+. The monoisotopic (exact) mass is 892 g/mol. The SMILES string of the molecule is CCCO[C@@H]1[C@H](O[P+](O)(CCC#N)N(C(C)C)C(C)C)[C@@H](COC(c2ccccc2)(c2ccccc2)c2cccc(OC)c2OC)O[C@H]1n1ccc(NC(=O)c2ccccc2)nc1=O. The summed E-state index contributed by atoms with van der Waals surface area (Å²) < 4.78 is 43.1. The van der Waals surface area contributed by atoms with Crippen LogP contribution in [-0.4, -0.2) is 89.0 Å². The molecule has 1 aliphatic heterocycles. The second-order valence-electron chi connectivity index (χ2n) is 15.9. The Hall–Kier alpha value is -5.49. The fraction of sp³-hybridized carbons (Fsp3) is 0.388. The molecule has 14 nitrogen and oxygen atoms in total. The van der Waals surface area contributed by atoms with Gasteiger partial charge in [-0.3, -0.25) is 9.36 Å². The van der Waals surface area contributed by atoms with Crippen LogP contribution in [0.2, 0.25) is 0 Å². The van der Waals surface area contributed by atoms with Crippen molar-refractivity contribution >= 4 is 19.6 Å². The van der Waals surface area contributed by atoms with Crippen molar-refractivity contribution in [3.8, 4) is 17.6 Å². The van der Waals surface area contributed by atoms with Crippen LogP contribution in [0.15, 0.2) is 126 Å². The number of benzene rings is 4. The highest BCUT2D eigenvalue weighted by atomic mass is 31.2. The maximum absolute atomic E-state index is 14.1. The number of methoxy groups -OCH3 is 2. The van der Waals surface area contributed by atoms with Crippen molar-refractivity contribution in [1.82, 2.24) is 14.2 Å². The number of para-hydroxylation sites is 1. The molecule has 0 saturated carbocycles. The molecule has 5 aromatic rings. The molecule has 2 heterocycles. The van der Waals surface area contributed by atoms with E-state index in [2.05, 4.69) is 16.4 Å². The zero-order valence-corrected chi connectivity index (χ0v) is 38.4. The number of nitriles is 1. The van der Waals surface area contributed by atoms with Crippen LogP contribution in [0.4, 0.5) is 5.82 Å². The number of anilines is 1. The standard InChI is InChI=1S/C49H58N5O9P/c1-8-31-60-45-44(63-64(57,32-19-29-50)54(34(2)3)35(4)5)41(62-47(45)53-30-28-42(52-48(53)56)51-46(55)36-20-12-9-13-21-36)33-61-49(37-22-14-10-15-23-37,38-24-16-11-17-25-38)39-26-18-27-40(58-6)43(39)59-7/h9-18,20-28,30,34-35,41,44-45,47,57H,8,19,31-33H2,1-7H3/p+1/t41-,44-,45-,47-,64?/m1/s1. The third kappa shape index (κ3) is 10.4. The van der Waals surface area contributed by atoms with Gasteiger partial charge in [-0.1, -0.05) is 97.9 Å². The van der Waals surface area contributed by atoms with E-state index in [0.717, 1.165) is 11.1 Å². The summed E-state index contributed by atoms with van der Waals surface area (Å²) in [6.45, 7) is 9.95. The summed E-state index contributed by atoms with van der Waals surface area (Å²) in [7, 11) is -0.442. The number of hydrogen-bond acceptors (Lipinski definition) is 12. The number of nitrogens with zero attached hydrogens (tertiary/aromatic N) is 4. The van der Waals surface area contributed by atoms with Crippen LogP contribution in [0.25, 0.3) is 0 Å². The number of nitrogens with one attached hydrogen (secondary N) is 1. The summed E-state index contributed by atoms with van der Waals surface area (Å²) in [6.07, 6.45) is -1.97. The van der Waals surface area contributed by atoms with Crippen LogP contribution < -0.4 is 20.5 Å². The molecule has 2 N–H and O–H groups in total. The zero-order chi connectivity index (χ0) is 45.9. The summed E-state index contributed by atoms with van der Waals surface area (Å²) in [5.74, 6) is 0.580. The van der Waals surface area contributed by atoms with Crippen molar-refractivity contribution in [2.75, 3.05) is 38.9 Å². The van der Waals surface area contributed by atoms with E-state index in [1.807, 2.05) is 118 Å². The van der Waals surface area contributed by atoms with E-state index in [1.54, 1.807) is 44.6 Å². The van der Waals surface area contributed by atoms with Crippen LogP contribution in [0.5, 0.6) is 11.5 Å². The van der Waals surface area contributed by atoms with Gasteiger partial charge in [0.25, 0.3) is 5.91 Å². The topological polar surface area (TPSA) is 167 Å². The van der Waals surface area contributed by atoms with Crippen LogP contribution in [0.3, 0.4) is 0 Å². The van der Waals surface area contributed by atoms with Gasteiger partial charge in [0.05, 0.1) is 33.3 Å². The predicted molar refractivity (Wildman–Crippen MR) is 246 cm³/mol. The summed E-state index contributed by atoms with van der Waals surface area (Å²) in [6, 6.07) is 37.1. The second-order valence-corrected chi connectivity index (χ2v) is 18.4. The van der Waals surface area contributed by atoms with Gasteiger partial charge in [-0.2, -0.15) is 14.8 Å². The lowest BCUT2D eigenvalue weighted by Gasteiger charge is -2.39. The summed E-state index contributed by atoms with van der Waals surface area (Å²) in [5, 5.41) is 12.5. The number of aromatic nitrogens is 2. The van der Waals surface area contributed by atoms with E-state index in [1.165, 1.54) is 16.8 Å². The number of rotatable bonds is 21. The van der Waals surface area contributed by atoms with Gasteiger partial charge in [-0.25, -0.2) is 9.69 Å². The van der Waals surface area contributed by atoms with Crippen molar-refractivity contribution in [3.05, 3.63) is 154 Å². The van der Waals surface area contributed by atoms with Gasteiger partial charge in [0.15, 0.2) is 23.8 Å². The molecule has 1 aromatic heterocycles. The third-order valence-corrected chi connectivity index (χ3v) is 14.0. The first kappa shape index (κ1) is 48.0. The molecule has 0 aliphatic carbocycles. The Morgan fingerprint density at radius 1 is 0.906 bits per heavy atom. The molecule has 0 bridgehead atoms. The zero-order valence-electron chi connectivity index (χ0n) is 37.5. The van der Waals surface area contributed by atoms with Gasteiger partial charge in [0.2, 0.25) is 0 Å². The normalized spacial score (nSPS) is 18.5. The number of amides is 1. The Kier molecular flexibility index (Phi) is 16.4. The molecule has 15 heteroatoms. The largest absolute Gasteiger partial charge is 0.493 e. The molecule has 5 atom stereocenters. The fourth-order valence-electron chi connectivity index (χ4n) is 8.45. The third-order valence-electron chi connectivity index (χ3n) is 11.0. The minimum atomic E-state index is -3.60. The molecule has 0 spiro atoms. The van der Waals surface area contributed by atoms with Crippen molar-refractivity contribution in [2.24, 2.45) is 0 Å². The van der Waals surface area contributed by atoms with E-state index < -0.39 is 49.6 Å². The number of carbonyl (C=O) groups is 1. The first-order chi connectivity index (χ1) is 30.9. The fourth-order valence-corrected chi connectivity index (χ4v) is 11.4. The van der Waals surface area contributed by atoms with E-state index in [4.69, 9.17) is 28.2 Å². The van der Waals surface area contributed by atoms with E-state index in [9.17, 15) is 19.7 Å². The molecule has 338 valence electrons. The summed E-state index contributed by atoms with van der Waals surface area (Å²) >= 11 is 0. The van der Waals surface area contributed by atoms with Gasteiger partial charge in [-0.05, 0) is 69.5 Å². The molecule has 1 fully saturated rings. The molecule has 1 saturated heterocycles. The molecule has 1 aliphatic rings. The van der Waals surface area contributed by atoms with E-state index in [0.29, 0.717) is 29.0 Å². The average molecular weight is 893 g/mol. The molecule has 1 unspecified atom stereocenters. The Bertz CT molecular complexity index is 2330. The highest BCUT2D eigenvalue weighted by molar-refractivity contribution is 7.63. The smallest absolute Gasteiger partial charge is 0.351 e. The Morgan fingerprint density at radius 3 is 2.08 bits per heavy atom. The lowest BCUT2D eigenvalue weighted by Crippen LogP contribution is -2.46. The molecule has 64 heavy (non-hydrogen) atoms. The summed E-state index contributed by atoms with van der Waals surface area (Å²) in [4.78, 5) is 44.2. The number of carbonyl (C=O) groups excluding carboxylic acids is 1. The van der Waals surface area contributed by atoms with Crippen molar-refractivity contribution in [1.29, 1.82) is 5.26 Å². The van der Waals surface area contributed by atoms with Crippen LogP contribution in [-0.2, 0) is 24.3 Å². The highest BCUT2D eigenvalue weighted by Gasteiger charge is 2.58. The lowest BCUT2D eigenvalue weighted by molar-refractivity contribution is -0.0979. The van der Waals surface area contributed by atoms with Gasteiger partial charge < -0.3 is 29.0 Å². The molecule has 0 radical (unpaired) electrons. The van der Waals surface area contributed by atoms with E-state index in [-0.39, 0.29) is 43.7 Å². The first-order valence-corrected chi connectivity index (χ1v) is 23.4. The Balaban J connectivity index is 1.51. The maximum atomic E-state index is 14.1.